The third-order valence-electron chi connectivity index (χ3n) is 5.28. The van der Waals surface area contributed by atoms with Gasteiger partial charge in [-0.15, -0.1) is 0 Å². The molecule has 0 bridgehead atoms. The van der Waals surface area contributed by atoms with Gasteiger partial charge in [0.25, 0.3) is 5.91 Å². The molecular formula is C27H17FN4O3. The summed E-state index contributed by atoms with van der Waals surface area (Å²) in [5.74, 6) is -0.836. The third kappa shape index (κ3) is 4.72. The molecule has 7 nitrogen and oxygen atoms in total. The summed E-state index contributed by atoms with van der Waals surface area (Å²) in [6, 6.07) is 20.7. The fourth-order valence-electron chi connectivity index (χ4n) is 3.68. The van der Waals surface area contributed by atoms with Crippen molar-refractivity contribution in [1.29, 1.82) is 0 Å². The second-order valence-electron chi connectivity index (χ2n) is 7.59. The molecule has 170 valence electrons. The van der Waals surface area contributed by atoms with Crippen LogP contribution in [0.15, 0.2) is 91.5 Å². The molecule has 3 aromatic carbocycles. The van der Waals surface area contributed by atoms with E-state index in [9.17, 15) is 14.0 Å². The lowest BCUT2D eigenvalue weighted by molar-refractivity contribution is -0.127. The Labute approximate surface area is 199 Å². The molecule has 0 aliphatic carbocycles. The molecule has 1 N–H and O–H groups in total. The number of ether oxygens (including phenoxy) is 1. The van der Waals surface area contributed by atoms with Crippen LogP contribution in [0.3, 0.4) is 0 Å². The van der Waals surface area contributed by atoms with Gasteiger partial charge in [0, 0.05) is 40.7 Å². The highest BCUT2D eigenvalue weighted by atomic mass is 19.1. The standard InChI is InChI=1S/C27H17FN4O3/c28-23-6-1-2-7-24(23)35-26-9-8-18(14-30-26)19-10-20-13-29-16-31-27(20)22(12-19)17-4-3-5-21(11-17)32-25(34)15-33/h1-16H,(H,32,34). The Balaban J connectivity index is 1.53. The van der Waals surface area contributed by atoms with E-state index in [-0.39, 0.29) is 17.9 Å². The number of pyridine rings is 1. The van der Waals surface area contributed by atoms with Crippen LogP contribution in [-0.2, 0) is 9.59 Å². The molecule has 0 unspecified atom stereocenters. The van der Waals surface area contributed by atoms with Crippen molar-refractivity contribution in [2.24, 2.45) is 0 Å². The average molecular weight is 464 g/mol. The van der Waals surface area contributed by atoms with Crippen LogP contribution in [0.5, 0.6) is 11.6 Å². The maximum atomic E-state index is 13.9. The molecule has 0 atom stereocenters. The van der Waals surface area contributed by atoms with Crippen molar-refractivity contribution < 1.29 is 18.7 Å². The molecule has 0 fully saturated rings. The highest BCUT2D eigenvalue weighted by molar-refractivity contribution is 6.29. The number of aldehydes is 1. The number of nitrogens with one attached hydrogen (secondary N) is 1. The van der Waals surface area contributed by atoms with Crippen molar-refractivity contribution >= 4 is 28.8 Å². The largest absolute Gasteiger partial charge is 0.436 e. The summed E-state index contributed by atoms with van der Waals surface area (Å²) in [4.78, 5) is 35.1. The predicted molar refractivity (Wildman–Crippen MR) is 129 cm³/mol. The van der Waals surface area contributed by atoms with Crippen LogP contribution >= 0.6 is 0 Å². The van der Waals surface area contributed by atoms with Gasteiger partial charge in [-0.3, -0.25) is 9.59 Å². The van der Waals surface area contributed by atoms with Gasteiger partial charge >= 0.3 is 0 Å². The molecule has 5 aromatic rings. The number of carbonyl (C=O) groups is 2. The number of fused-ring (bicyclic) bond motifs is 1. The minimum Gasteiger partial charge on any atom is -0.436 e. The highest BCUT2D eigenvalue weighted by Crippen LogP contribution is 2.34. The molecule has 0 saturated heterocycles. The highest BCUT2D eigenvalue weighted by Gasteiger charge is 2.12. The summed E-state index contributed by atoms with van der Waals surface area (Å²) in [6.45, 7) is 0. The molecular weight excluding hydrogens is 447 g/mol. The van der Waals surface area contributed by atoms with Crippen molar-refractivity contribution in [1.82, 2.24) is 15.0 Å². The fraction of sp³-hybridized carbons (Fsp3) is 0. The summed E-state index contributed by atoms with van der Waals surface area (Å²) in [7, 11) is 0. The van der Waals surface area contributed by atoms with E-state index in [0.29, 0.717) is 5.69 Å². The monoisotopic (exact) mass is 464 g/mol. The minimum atomic E-state index is -0.730. The molecule has 35 heavy (non-hydrogen) atoms. The Morgan fingerprint density at radius 3 is 2.57 bits per heavy atom. The topological polar surface area (TPSA) is 94.1 Å². The number of nitrogens with zero attached hydrogens (tertiary/aromatic N) is 3. The zero-order valence-electron chi connectivity index (χ0n) is 18.2. The van der Waals surface area contributed by atoms with Crippen LogP contribution in [-0.4, -0.2) is 27.1 Å². The molecule has 0 aliphatic rings. The van der Waals surface area contributed by atoms with Crippen LogP contribution in [0.4, 0.5) is 10.1 Å². The maximum Gasteiger partial charge on any atom is 0.288 e. The second-order valence-corrected chi connectivity index (χ2v) is 7.59. The number of amides is 1. The molecule has 0 saturated carbocycles. The van der Waals surface area contributed by atoms with E-state index in [1.54, 1.807) is 48.8 Å². The Morgan fingerprint density at radius 2 is 1.77 bits per heavy atom. The molecule has 2 heterocycles. The summed E-state index contributed by atoms with van der Waals surface area (Å²) in [6.07, 6.45) is 5.06. The zero-order chi connectivity index (χ0) is 24.2. The Hall–Kier alpha value is -4.98. The molecule has 1 amide bonds. The van der Waals surface area contributed by atoms with Crippen molar-refractivity contribution in [3.63, 3.8) is 0 Å². The van der Waals surface area contributed by atoms with Gasteiger partial charge in [-0.05, 0) is 53.6 Å². The number of hydrogen-bond donors (Lipinski definition) is 1. The summed E-state index contributed by atoms with van der Waals surface area (Å²) >= 11 is 0. The van der Waals surface area contributed by atoms with Gasteiger partial charge < -0.3 is 10.1 Å². The molecule has 0 spiro atoms. The number of rotatable bonds is 6. The van der Waals surface area contributed by atoms with Crippen molar-refractivity contribution in [2.45, 2.75) is 0 Å². The maximum absolute atomic E-state index is 13.9. The zero-order valence-corrected chi connectivity index (χ0v) is 18.2. The molecule has 2 aromatic heterocycles. The summed E-state index contributed by atoms with van der Waals surface area (Å²) in [5.41, 5.74) is 4.50. The quantitative estimate of drug-likeness (QED) is 0.266. The van der Waals surface area contributed by atoms with Crippen molar-refractivity contribution in [2.75, 3.05) is 5.32 Å². The first-order valence-electron chi connectivity index (χ1n) is 10.6. The van der Waals surface area contributed by atoms with Gasteiger partial charge in [0.2, 0.25) is 12.2 Å². The van der Waals surface area contributed by atoms with E-state index < -0.39 is 11.7 Å². The first kappa shape index (κ1) is 21.8. The summed E-state index contributed by atoms with van der Waals surface area (Å²) < 4.78 is 19.4. The van der Waals surface area contributed by atoms with Crippen LogP contribution in [0.2, 0.25) is 0 Å². The van der Waals surface area contributed by atoms with Gasteiger partial charge in [-0.1, -0.05) is 24.3 Å². The van der Waals surface area contributed by atoms with E-state index in [0.717, 1.165) is 33.2 Å². The van der Waals surface area contributed by atoms with E-state index in [4.69, 9.17) is 4.74 Å². The SMILES string of the molecule is O=CC(=O)Nc1cccc(-c2cc(-c3ccc(Oc4ccccc4F)nc3)cc3cncnc23)c1. The smallest absolute Gasteiger partial charge is 0.288 e. The van der Waals surface area contributed by atoms with Gasteiger partial charge in [-0.25, -0.2) is 19.3 Å². The van der Waals surface area contributed by atoms with Gasteiger partial charge in [0.15, 0.2) is 11.6 Å². The van der Waals surface area contributed by atoms with E-state index >= 15 is 0 Å². The number of anilines is 1. The fourth-order valence-corrected chi connectivity index (χ4v) is 3.68. The predicted octanol–water partition coefficient (Wildman–Crippen LogP) is 5.43. The van der Waals surface area contributed by atoms with E-state index in [1.165, 1.54) is 18.5 Å². The first-order chi connectivity index (χ1) is 17.1. The Morgan fingerprint density at radius 1 is 0.886 bits per heavy atom. The number of benzene rings is 3. The van der Waals surface area contributed by atoms with Crippen molar-refractivity contribution in [3.05, 3.63) is 97.3 Å². The lowest BCUT2D eigenvalue weighted by Gasteiger charge is -2.12. The molecule has 0 radical (unpaired) electrons. The molecule has 0 aliphatic heterocycles. The number of aromatic nitrogens is 3. The van der Waals surface area contributed by atoms with Gasteiger partial charge in [0.1, 0.15) is 6.33 Å². The number of halogens is 1. The third-order valence-corrected chi connectivity index (χ3v) is 5.28. The lowest BCUT2D eigenvalue weighted by atomic mass is 9.96. The molecule has 8 heteroatoms. The normalized spacial score (nSPS) is 10.7. The average Bonchev–Trinajstić information content (AvgIpc) is 2.90. The minimum absolute atomic E-state index is 0.0967. The lowest BCUT2D eigenvalue weighted by Crippen LogP contribution is -2.11. The van der Waals surface area contributed by atoms with Crippen LogP contribution in [0.1, 0.15) is 0 Å². The second kappa shape index (κ2) is 9.48. The van der Waals surface area contributed by atoms with E-state index in [2.05, 4.69) is 20.3 Å². The number of carbonyl (C=O) groups excluding carboxylic acids is 2. The Kier molecular flexibility index (Phi) is 5.92. The first-order valence-corrected chi connectivity index (χ1v) is 10.6. The van der Waals surface area contributed by atoms with Gasteiger partial charge in [0.05, 0.1) is 5.52 Å². The van der Waals surface area contributed by atoms with Crippen LogP contribution < -0.4 is 10.1 Å². The molecule has 5 rings (SSSR count). The van der Waals surface area contributed by atoms with Crippen LogP contribution in [0, 0.1) is 5.82 Å². The van der Waals surface area contributed by atoms with Crippen molar-refractivity contribution in [3.8, 4) is 33.9 Å². The summed E-state index contributed by atoms with van der Waals surface area (Å²) in [5, 5.41) is 3.35. The van der Waals surface area contributed by atoms with Crippen LogP contribution in [0.25, 0.3) is 33.2 Å². The van der Waals surface area contributed by atoms with Gasteiger partial charge in [-0.2, -0.15) is 0 Å². The number of para-hydroxylation sites is 1. The number of hydrogen-bond acceptors (Lipinski definition) is 6. The van der Waals surface area contributed by atoms with E-state index in [1.807, 2.05) is 24.3 Å². The Bertz CT molecular complexity index is 1550.